The third-order valence-corrected chi connectivity index (χ3v) is 4.71. The molecule has 0 saturated heterocycles. The Morgan fingerprint density at radius 2 is 2.23 bits per heavy atom. The van der Waals surface area contributed by atoms with Crippen LogP contribution in [0.4, 0.5) is 4.39 Å². The lowest BCUT2D eigenvalue weighted by molar-refractivity contribution is -0.119. The molecule has 6 heteroatoms. The zero-order valence-electron chi connectivity index (χ0n) is 12.2. The highest BCUT2D eigenvalue weighted by atomic mass is 32.2. The van der Waals surface area contributed by atoms with E-state index in [0.29, 0.717) is 22.6 Å². The van der Waals surface area contributed by atoms with Crippen molar-refractivity contribution < 1.29 is 9.18 Å². The summed E-state index contributed by atoms with van der Waals surface area (Å²) in [5, 5.41) is 3.74. The summed E-state index contributed by atoms with van der Waals surface area (Å²) in [5.41, 5.74) is 0.705. The second kappa shape index (κ2) is 6.96. The van der Waals surface area contributed by atoms with Crippen LogP contribution < -0.4 is 5.32 Å². The molecule has 3 rings (SSSR count). The molecule has 1 aliphatic rings. The Morgan fingerprint density at radius 3 is 3.00 bits per heavy atom. The van der Waals surface area contributed by atoms with Crippen LogP contribution in [0.1, 0.15) is 25.7 Å². The number of imidazole rings is 1. The normalized spacial score (nSPS) is 15.1. The molecule has 1 heterocycles. The number of carbonyl (C=O) groups excluding carboxylic acids is 1. The van der Waals surface area contributed by atoms with Gasteiger partial charge in [0.05, 0.1) is 11.4 Å². The van der Waals surface area contributed by atoms with Gasteiger partial charge in [0.25, 0.3) is 0 Å². The van der Waals surface area contributed by atoms with Crippen LogP contribution >= 0.6 is 11.8 Å². The van der Waals surface area contributed by atoms with E-state index in [4.69, 9.17) is 0 Å². The van der Waals surface area contributed by atoms with Gasteiger partial charge >= 0.3 is 0 Å². The largest absolute Gasteiger partial charge is 0.353 e. The Balaban J connectivity index is 1.61. The molecule has 1 aliphatic carbocycles. The maximum absolute atomic E-state index is 13.3. The predicted molar refractivity (Wildman–Crippen MR) is 84.6 cm³/mol. The quantitative estimate of drug-likeness (QED) is 0.861. The number of thioether (sulfide) groups is 1. The summed E-state index contributed by atoms with van der Waals surface area (Å²) >= 11 is 1.36. The van der Waals surface area contributed by atoms with E-state index in [1.54, 1.807) is 23.0 Å². The molecule has 1 N–H and O–H groups in total. The molecule has 0 bridgehead atoms. The summed E-state index contributed by atoms with van der Waals surface area (Å²) in [4.78, 5) is 16.2. The maximum atomic E-state index is 13.3. The van der Waals surface area contributed by atoms with E-state index in [0.717, 1.165) is 12.8 Å². The van der Waals surface area contributed by atoms with Gasteiger partial charge in [0, 0.05) is 18.4 Å². The van der Waals surface area contributed by atoms with Crippen LogP contribution in [0.25, 0.3) is 5.69 Å². The number of hydrogen-bond acceptors (Lipinski definition) is 3. The summed E-state index contributed by atoms with van der Waals surface area (Å²) in [5.74, 6) is 0.0647. The second-order valence-corrected chi connectivity index (χ2v) is 6.34. The Morgan fingerprint density at radius 1 is 1.41 bits per heavy atom. The van der Waals surface area contributed by atoms with Crippen molar-refractivity contribution in [3.8, 4) is 5.69 Å². The van der Waals surface area contributed by atoms with Crippen LogP contribution in [0.15, 0.2) is 41.8 Å². The number of benzene rings is 1. The molecule has 0 spiro atoms. The van der Waals surface area contributed by atoms with Crippen molar-refractivity contribution in [2.75, 3.05) is 5.75 Å². The Kier molecular flexibility index (Phi) is 4.77. The van der Waals surface area contributed by atoms with Crippen molar-refractivity contribution in [1.29, 1.82) is 0 Å². The van der Waals surface area contributed by atoms with Crippen LogP contribution in [-0.2, 0) is 4.79 Å². The van der Waals surface area contributed by atoms with Crippen LogP contribution in [0, 0.1) is 5.82 Å². The fraction of sp³-hybridized carbons (Fsp3) is 0.375. The molecule has 2 aromatic rings. The third kappa shape index (κ3) is 3.68. The van der Waals surface area contributed by atoms with Gasteiger partial charge in [-0.25, -0.2) is 9.37 Å². The van der Waals surface area contributed by atoms with Gasteiger partial charge in [-0.2, -0.15) is 0 Å². The second-order valence-electron chi connectivity index (χ2n) is 5.40. The van der Waals surface area contributed by atoms with Crippen molar-refractivity contribution in [2.24, 2.45) is 0 Å². The standard InChI is InChI=1S/C16H18FN3OS/c17-12-4-3-7-14(10-12)20-9-8-18-16(20)22-11-15(21)19-13-5-1-2-6-13/h3-4,7-10,13H,1-2,5-6,11H2,(H,19,21). The maximum Gasteiger partial charge on any atom is 0.230 e. The number of rotatable bonds is 5. The molecule has 22 heavy (non-hydrogen) atoms. The first-order valence-electron chi connectivity index (χ1n) is 7.44. The highest BCUT2D eigenvalue weighted by Crippen LogP contribution is 2.22. The number of halogens is 1. The SMILES string of the molecule is O=C(CSc1nccn1-c1cccc(F)c1)NC1CCCC1. The van der Waals surface area contributed by atoms with Gasteiger partial charge < -0.3 is 5.32 Å². The number of aromatic nitrogens is 2. The van der Waals surface area contributed by atoms with Crippen molar-refractivity contribution >= 4 is 17.7 Å². The number of nitrogens with zero attached hydrogens (tertiary/aromatic N) is 2. The summed E-state index contributed by atoms with van der Waals surface area (Å²) in [7, 11) is 0. The molecule has 1 aromatic carbocycles. The lowest BCUT2D eigenvalue weighted by Gasteiger charge is -2.12. The van der Waals surface area contributed by atoms with Gasteiger partial charge in [-0.05, 0) is 31.0 Å². The van der Waals surface area contributed by atoms with Crippen LogP contribution in [0.2, 0.25) is 0 Å². The average Bonchev–Trinajstić information content (AvgIpc) is 3.16. The van der Waals surface area contributed by atoms with E-state index < -0.39 is 0 Å². The van der Waals surface area contributed by atoms with Gasteiger partial charge in [0.1, 0.15) is 5.82 Å². The van der Waals surface area contributed by atoms with Crippen molar-refractivity contribution in [1.82, 2.24) is 14.9 Å². The summed E-state index contributed by atoms with van der Waals surface area (Å²) in [6.07, 6.45) is 7.97. The molecule has 1 amide bonds. The third-order valence-electron chi connectivity index (χ3n) is 3.75. The lowest BCUT2D eigenvalue weighted by atomic mass is 10.2. The molecule has 1 fully saturated rings. The van der Waals surface area contributed by atoms with Crippen LogP contribution in [-0.4, -0.2) is 27.3 Å². The molecular formula is C16H18FN3OS. The van der Waals surface area contributed by atoms with E-state index >= 15 is 0 Å². The number of hydrogen-bond donors (Lipinski definition) is 1. The fourth-order valence-corrected chi connectivity index (χ4v) is 3.47. The van der Waals surface area contributed by atoms with E-state index in [1.165, 1.54) is 36.7 Å². The number of amides is 1. The molecule has 1 aromatic heterocycles. The number of carbonyl (C=O) groups is 1. The first-order chi connectivity index (χ1) is 10.7. The predicted octanol–water partition coefficient (Wildman–Crippen LogP) is 3.16. The highest BCUT2D eigenvalue weighted by Gasteiger charge is 2.17. The van der Waals surface area contributed by atoms with Gasteiger partial charge in [-0.15, -0.1) is 0 Å². The van der Waals surface area contributed by atoms with E-state index in [2.05, 4.69) is 10.3 Å². The molecule has 0 aliphatic heterocycles. The molecule has 0 unspecified atom stereocenters. The highest BCUT2D eigenvalue weighted by molar-refractivity contribution is 7.99. The zero-order valence-corrected chi connectivity index (χ0v) is 13.0. The average molecular weight is 319 g/mol. The smallest absolute Gasteiger partial charge is 0.230 e. The number of nitrogens with one attached hydrogen (secondary N) is 1. The van der Waals surface area contributed by atoms with Crippen molar-refractivity contribution in [2.45, 2.75) is 36.9 Å². The fourth-order valence-electron chi connectivity index (χ4n) is 2.69. The van der Waals surface area contributed by atoms with Gasteiger partial charge in [-0.3, -0.25) is 9.36 Å². The summed E-state index contributed by atoms with van der Waals surface area (Å²) in [6.45, 7) is 0. The summed E-state index contributed by atoms with van der Waals surface area (Å²) in [6, 6.07) is 6.66. The molecule has 0 radical (unpaired) electrons. The molecule has 1 saturated carbocycles. The van der Waals surface area contributed by atoms with Gasteiger partial charge in [0.2, 0.25) is 5.91 Å². The van der Waals surface area contributed by atoms with Crippen molar-refractivity contribution in [3.63, 3.8) is 0 Å². The van der Waals surface area contributed by atoms with Crippen molar-refractivity contribution in [3.05, 3.63) is 42.5 Å². The van der Waals surface area contributed by atoms with E-state index in [-0.39, 0.29) is 11.7 Å². The minimum atomic E-state index is -0.291. The topological polar surface area (TPSA) is 46.9 Å². The molecule has 116 valence electrons. The minimum Gasteiger partial charge on any atom is -0.353 e. The summed E-state index contributed by atoms with van der Waals surface area (Å²) < 4.78 is 15.1. The molecule has 0 atom stereocenters. The van der Waals surface area contributed by atoms with E-state index in [9.17, 15) is 9.18 Å². The monoisotopic (exact) mass is 319 g/mol. The van der Waals surface area contributed by atoms with Gasteiger partial charge in [-0.1, -0.05) is 30.7 Å². The van der Waals surface area contributed by atoms with Gasteiger partial charge in [0.15, 0.2) is 5.16 Å². The van der Waals surface area contributed by atoms with Crippen LogP contribution in [0.5, 0.6) is 0 Å². The minimum absolute atomic E-state index is 0.0330. The zero-order chi connectivity index (χ0) is 15.4. The van der Waals surface area contributed by atoms with E-state index in [1.807, 2.05) is 6.07 Å². The Hall–Kier alpha value is -1.82. The van der Waals surface area contributed by atoms with Crippen LogP contribution in [0.3, 0.4) is 0 Å². The Labute approximate surface area is 133 Å². The molecular weight excluding hydrogens is 301 g/mol. The first-order valence-corrected chi connectivity index (χ1v) is 8.42. The lowest BCUT2D eigenvalue weighted by Crippen LogP contribution is -2.33. The first kappa shape index (κ1) is 15.1. The molecule has 4 nitrogen and oxygen atoms in total. The Bertz CT molecular complexity index is 652.